The molecule has 1 aromatic heterocycles. The molecule has 0 saturated heterocycles. The Morgan fingerprint density at radius 2 is 2.00 bits per heavy atom. The van der Waals surface area contributed by atoms with Crippen molar-refractivity contribution in [3.8, 4) is 11.5 Å². The molecule has 8 nitrogen and oxygen atoms in total. The van der Waals surface area contributed by atoms with Crippen molar-refractivity contribution >= 4 is 51.7 Å². The van der Waals surface area contributed by atoms with Crippen LogP contribution in [0.3, 0.4) is 0 Å². The smallest absolute Gasteiger partial charge is 0.343 e. The maximum absolute atomic E-state index is 12.2. The van der Waals surface area contributed by atoms with E-state index in [2.05, 4.69) is 37.9 Å². The third-order valence-electron chi connectivity index (χ3n) is 3.84. The van der Waals surface area contributed by atoms with Gasteiger partial charge in [-0.15, -0.1) is 0 Å². The van der Waals surface area contributed by atoms with Crippen LogP contribution in [0.5, 0.6) is 11.5 Å². The summed E-state index contributed by atoms with van der Waals surface area (Å²) in [5.74, 6) is 0.0498. The van der Waals surface area contributed by atoms with Crippen LogP contribution in [-0.2, 0) is 9.53 Å². The highest BCUT2D eigenvalue weighted by Gasteiger charge is 2.14. The first kappa shape index (κ1) is 20.6. The summed E-state index contributed by atoms with van der Waals surface area (Å²) in [5.41, 5.74) is 3.73. The molecule has 0 atom stereocenters. The van der Waals surface area contributed by atoms with E-state index in [9.17, 15) is 9.59 Å². The van der Waals surface area contributed by atoms with E-state index in [1.807, 2.05) is 18.2 Å². The molecule has 0 aliphatic rings. The summed E-state index contributed by atoms with van der Waals surface area (Å²) in [6, 6.07) is 12.4. The molecule has 150 valence electrons. The Morgan fingerprint density at radius 3 is 2.72 bits per heavy atom. The van der Waals surface area contributed by atoms with E-state index >= 15 is 0 Å². The number of ether oxygens (including phenoxy) is 3. The van der Waals surface area contributed by atoms with Gasteiger partial charge in [0.15, 0.2) is 23.9 Å². The number of amides is 1. The third-order valence-corrected chi connectivity index (χ3v) is 4.64. The van der Waals surface area contributed by atoms with Gasteiger partial charge in [-0.3, -0.25) is 4.79 Å². The molecular formula is C20H17IN2O6. The molecule has 0 aliphatic carbocycles. The van der Waals surface area contributed by atoms with Crippen LogP contribution in [0.1, 0.15) is 16.1 Å². The van der Waals surface area contributed by atoms with Crippen molar-refractivity contribution in [2.24, 2.45) is 5.10 Å². The summed E-state index contributed by atoms with van der Waals surface area (Å²) in [6.07, 6.45) is 1.47. The molecule has 3 rings (SSSR count). The highest BCUT2D eigenvalue weighted by molar-refractivity contribution is 14.1. The molecule has 0 unspecified atom stereocenters. The number of methoxy groups -OCH3 is 2. The number of para-hydroxylation sites is 1. The van der Waals surface area contributed by atoms with E-state index in [1.165, 1.54) is 20.4 Å². The monoisotopic (exact) mass is 508 g/mol. The van der Waals surface area contributed by atoms with Crippen LogP contribution in [0, 0.1) is 3.57 Å². The maximum atomic E-state index is 12.2. The van der Waals surface area contributed by atoms with Gasteiger partial charge in [0, 0.05) is 5.39 Å². The standard InChI is InChI=1S/C20H17IN2O6/c1-26-16-8-12(7-14(21)19(16)28-11-18(24)27-2)10-22-23-20(25)17-9-13-5-3-4-6-15(13)29-17/h3-10H,11H2,1-2H3,(H,23,25)/b22-10+. The first-order chi connectivity index (χ1) is 14.0. The third kappa shape index (κ3) is 5.05. The fraction of sp³-hybridized carbons (Fsp3) is 0.150. The second-order valence-corrected chi connectivity index (χ2v) is 6.91. The average molecular weight is 508 g/mol. The van der Waals surface area contributed by atoms with Gasteiger partial charge in [0.1, 0.15) is 5.58 Å². The summed E-state index contributed by atoms with van der Waals surface area (Å²) in [5, 5.41) is 4.80. The van der Waals surface area contributed by atoms with Gasteiger partial charge in [-0.05, 0) is 52.4 Å². The number of nitrogens with zero attached hydrogens (tertiary/aromatic N) is 1. The first-order valence-corrected chi connectivity index (χ1v) is 9.49. The van der Waals surface area contributed by atoms with Gasteiger partial charge in [-0.1, -0.05) is 18.2 Å². The van der Waals surface area contributed by atoms with Crippen LogP contribution in [-0.4, -0.2) is 38.9 Å². The van der Waals surface area contributed by atoms with Crippen molar-refractivity contribution in [3.05, 3.63) is 57.4 Å². The number of carbonyl (C=O) groups excluding carboxylic acids is 2. The normalized spacial score (nSPS) is 10.9. The molecular weight excluding hydrogens is 491 g/mol. The Morgan fingerprint density at radius 1 is 1.21 bits per heavy atom. The number of esters is 1. The molecule has 3 aromatic rings. The van der Waals surface area contributed by atoms with Crippen LogP contribution < -0.4 is 14.9 Å². The van der Waals surface area contributed by atoms with Gasteiger partial charge >= 0.3 is 11.9 Å². The van der Waals surface area contributed by atoms with Gasteiger partial charge in [-0.2, -0.15) is 5.10 Å². The quantitative estimate of drug-likeness (QED) is 0.228. The highest BCUT2D eigenvalue weighted by Crippen LogP contribution is 2.33. The zero-order chi connectivity index (χ0) is 20.8. The Labute approximate surface area is 179 Å². The molecule has 2 aromatic carbocycles. The van der Waals surface area contributed by atoms with Gasteiger partial charge in [-0.25, -0.2) is 10.2 Å². The summed E-state index contributed by atoms with van der Waals surface area (Å²) in [7, 11) is 2.77. The molecule has 1 amide bonds. The van der Waals surface area contributed by atoms with E-state index in [4.69, 9.17) is 13.9 Å². The molecule has 0 fully saturated rings. The Kier molecular flexibility index (Phi) is 6.70. The van der Waals surface area contributed by atoms with E-state index < -0.39 is 11.9 Å². The van der Waals surface area contributed by atoms with Crippen LogP contribution in [0.4, 0.5) is 0 Å². The summed E-state index contributed by atoms with van der Waals surface area (Å²) < 4.78 is 21.5. The van der Waals surface area contributed by atoms with Crippen molar-refractivity contribution in [1.29, 1.82) is 0 Å². The zero-order valence-corrected chi connectivity index (χ0v) is 17.8. The lowest BCUT2D eigenvalue weighted by Crippen LogP contribution is -2.16. The number of nitrogens with one attached hydrogen (secondary N) is 1. The molecule has 0 radical (unpaired) electrons. The molecule has 0 aliphatic heterocycles. The van der Waals surface area contributed by atoms with Gasteiger partial charge < -0.3 is 18.6 Å². The highest BCUT2D eigenvalue weighted by atomic mass is 127. The largest absolute Gasteiger partial charge is 0.493 e. The first-order valence-electron chi connectivity index (χ1n) is 8.41. The molecule has 9 heteroatoms. The van der Waals surface area contributed by atoms with Crippen LogP contribution >= 0.6 is 22.6 Å². The molecule has 0 saturated carbocycles. The van der Waals surface area contributed by atoms with Crippen molar-refractivity contribution in [2.45, 2.75) is 0 Å². The second-order valence-electron chi connectivity index (χ2n) is 5.75. The van der Waals surface area contributed by atoms with E-state index in [0.717, 1.165) is 5.39 Å². The summed E-state index contributed by atoms with van der Waals surface area (Å²) in [4.78, 5) is 23.5. The minimum Gasteiger partial charge on any atom is -0.493 e. The molecule has 0 spiro atoms. The zero-order valence-electron chi connectivity index (χ0n) is 15.6. The number of carbonyl (C=O) groups is 2. The van der Waals surface area contributed by atoms with Gasteiger partial charge in [0.05, 0.1) is 24.0 Å². The lowest BCUT2D eigenvalue weighted by molar-refractivity contribution is -0.142. The topological polar surface area (TPSA) is 99.4 Å². The summed E-state index contributed by atoms with van der Waals surface area (Å²) >= 11 is 2.05. The van der Waals surface area contributed by atoms with Crippen LogP contribution in [0.2, 0.25) is 0 Å². The lowest BCUT2D eigenvalue weighted by atomic mass is 10.2. The number of rotatable bonds is 7. The fourth-order valence-electron chi connectivity index (χ4n) is 2.46. The molecule has 0 bridgehead atoms. The minimum absolute atomic E-state index is 0.169. The molecule has 29 heavy (non-hydrogen) atoms. The van der Waals surface area contributed by atoms with E-state index in [1.54, 1.807) is 24.3 Å². The SMILES string of the molecule is COC(=O)COc1c(I)cc(/C=N/NC(=O)c2cc3ccccc3o2)cc1OC. The van der Waals surface area contributed by atoms with Crippen molar-refractivity contribution < 1.29 is 28.2 Å². The Hall–Kier alpha value is -3.08. The number of halogens is 1. The number of fused-ring (bicyclic) bond motifs is 1. The van der Waals surface area contributed by atoms with Crippen molar-refractivity contribution in [3.63, 3.8) is 0 Å². The predicted molar refractivity (Wildman–Crippen MR) is 114 cm³/mol. The maximum Gasteiger partial charge on any atom is 0.343 e. The van der Waals surface area contributed by atoms with E-state index in [0.29, 0.717) is 26.2 Å². The number of hydrazone groups is 1. The fourth-order valence-corrected chi connectivity index (χ4v) is 3.24. The number of hydrogen-bond acceptors (Lipinski definition) is 7. The van der Waals surface area contributed by atoms with Gasteiger partial charge in [0.2, 0.25) is 0 Å². The number of furan rings is 1. The van der Waals surface area contributed by atoms with Gasteiger partial charge in [0.25, 0.3) is 0 Å². The number of benzene rings is 2. The Bertz CT molecular complexity index is 1040. The number of hydrogen-bond donors (Lipinski definition) is 1. The average Bonchev–Trinajstić information content (AvgIpc) is 3.16. The van der Waals surface area contributed by atoms with E-state index in [-0.39, 0.29) is 12.4 Å². The van der Waals surface area contributed by atoms with Crippen molar-refractivity contribution in [2.75, 3.05) is 20.8 Å². The minimum atomic E-state index is -0.498. The van der Waals surface area contributed by atoms with Crippen LogP contribution in [0.15, 0.2) is 52.0 Å². The molecule has 1 N–H and O–H groups in total. The van der Waals surface area contributed by atoms with Crippen molar-refractivity contribution in [1.82, 2.24) is 5.43 Å². The summed E-state index contributed by atoms with van der Waals surface area (Å²) in [6.45, 7) is -0.232. The predicted octanol–water partition coefficient (Wildman–Crippen LogP) is 3.36. The Balaban J connectivity index is 1.70. The second kappa shape index (κ2) is 9.41. The molecule has 1 heterocycles. The lowest BCUT2D eigenvalue weighted by Gasteiger charge is -2.12. The van der Waals surface area contributed by atoms with Crippen LogP contribution in [0.25, 0.3) is 11.0 Å².